The number of aromatic nitrogens is 3. The quantitative estimate of drug-likeness (QED) is 0.750. The van der Waals surface area contributed by atoms with Gasteiger partial charge in [0, 0.05) is 30.9 Å². The lowest BCUT2D eigenvalue weighted by Gasteiger charge is -2.36. The highest BCUT2D eigenvalue weighted by Crippen LogP contribution is 2.35. The first kappa shape index (κ1) is 22.1. The van der Waals surface area contributed by atoms with E-state index in [1.807, 2.05) is 0 Å². The summed E-state index contributed by atoms with van der Waals surface area (Å²) in [6.45, 7) is 0.409. The minimum absolute atomic E-state index is 0.00777. The second kappa shape index (κ2) is 7.56. The molecule has 6 nitrogen and oxygen atoms in total. The number of amides is 1. The zero-order valence-corrected chi connectivity index (χ0v) is 15.7. The van der Waals surface area contributed by atoms with Crippen molar-refractivity contribution in [3.8, 4) is 5.69 Å². The number of nitrogens with zero attached hydrogens (tertiary/aromatic N) is 4. The van der Waals surface area contributed by atoms with Gasteiger partial charge in [0.1, 0.15) is 5.69 Å². The summed E-state index contributed by atoms with van der Waals surface area (Å²) in [6.07, 6.45) is -6.55. The normalized spacial score (nSPS) is 18.3. The highest BCUT2D eigenvalue weighted by atomic mass is 19.4. The number of alkyl halides is 6. The lowest BCUT2D eigenvalue weighted by Crippen LogP contribution is -2.57. The lowest BCUT2D eigenvalue weighted by molar-refractivity contribution is -0.250. The molecule has 0 bridgehead atoms. The summed E-state index contributed by atoms with van der Waals surface area (Å²) < 4.78 is 78.2. The first-order valence-electron chi connectivity index (χ1n) is 8.98. The van der Waals surface area contributed by atoms with E-state index in [4.69, 9.17) is 0 Å². The maximum absolute atomic E-state index is 12.9. The molecular formula is C18H18F6N4O2. The van der Waals surface area contributed by atoms with Crippen LogP contribution in [0.1, 0.15) is 37.1 Å². The fourth-order valence-corrected chi connectivity index (χ4v) is 3.32. The maximum Gasteiger partial charge on any atom is 0.433 e. The SMILES string of the molecule is C[C@@](O)(C(=O)N1CCC(c2ccnn2-c2ccc(C(F)(F)F)nc2)CC1)C(F)(F)F. The Morgan fingerprint density at radius 2 is 1.73 bits per heavy atom. The van der Waals surface area contributed by atoms with Crippen molar-refractivity contribution in [3.05, 3.63) is 42.0 Å². The van der Waals surface area contributed by atoms with Gasteiger partial charge in [0.2, 0.25) is 5.60 Å². The number of carbonyl (C=O) groups is 1. The highest BCUT2D eigenvalue weighted by Gasteiger charge is 2.57. The van der Waals surface area contributed by atoms with Crippen LogP contribution in [0.15, 0.2) is 30.6 Å². The molecule has 0 saturated carbocycles. The van der Waals surface area contributed by atoms with E-state index >= 15 is 0 Å². The number of carbonyl (C=O) groups excluding carboxylic acids is 1. The van der Waals surface area contributed by atoms with E-state index < -0.39 is 29.6 Å². The average molecular weight is 436 g/mol. The van der Waals surface area contributed by atoms with Crippen LogP contribution in [0.3, 0.4) is 0 Å². The molecule has 3 rings (SSSR count). The van der Waals surface area contributed by atoms with Crippen LogP contribution < -0.4 is 0 Å². The monoisotopic (exact) mass is 436 g/mol. The third-order valence-corrected chi connectivity index (χ3v) is 5.12. The van der Waals surface area contributed by atoms with Crippen LogP contribution in [0.2, 0.25) is 0 Å². The smallest absolute Gasteiger partial charge is 0.373 e. The van der Waals surface area contributed by atoms with Crippen molar-refractivity contribution in [2.24, 2.45) is 0 Å². The predicted octanol–water partition coefficient (Wildman–Crippen LogP) is 3.31. The lowest BCUT2D eigenvalue weighted by atomic mass is 9.92. The summed E-state index contributed by atoms with van der Waals surface area (Å²) in [5.74, 6) is -1.59. The molecule has 1 amide bonds. The van der Waals surface area contributed by atoms with Crippen molar-refractivity contribution in [3.63, 3.8) is 0 Å². The fraction of sp³-hybridized carbons (Fsp3) is 0.500. The van der Waals surface area contributed by atoms with Crippen LogP contribution >= 0.6 is 0 Å². The Hall–Kier alpha value is -2.63. The second-order valence-electron chi connectivity index (χ2n) is 7.20. The first-order chi connectivity index (χ1) is 13.8. The number of likely N-dealkylation sites (tertiary alicyclic amines) is 1. The van der Waals surface area contributed by atoms with Crippen molar-refractivity contribution >= 4 is 5.91 Å². The highest BCUT2D eigenvalue weighted by molar-refractivity contribution is 5.85. The summed E-state index contributed by atoms with van der Waals surface area (Å²) in [5, 5.41) is 13.7. The van der Waals surface area contributed by atoms with Crippen LogP contribution in [0, 0.1) is 0 Å². The molecule has 30 heavy (non-hydrogen) atoms. The van der Waals surface area contributed by atoms with E-state index in [0.717, 1.165) is 17.2 Å². The molecule has 0 radical (unpaired) electrons. The van der Waals surface area contributed by atoms with Crippen LogP contribution in [0.25, 0.3) is 5.69 Å². The molecule has 0 aliphatic carbocycles. The summed E-state index contributed by atoms with van der Waals surface area (Å²) in [4.78, 5) is 16.5. The molecule has 12 heteroatoms. The summed E-state index contributed by atoms with van der Waals surface area (Å²) in [5.41, 5.74) is -3.55. The Morgan fingerprint density at radius 1 is 1.10 bits per heavy atom. The Morgan fingerprint density at radius 3 is 2.23 bits per heavy atom. The first-order valence-corrected chi connectivity index (χ1v) is 8.98. The third kappa shape index (κ3) is 4.13. The average Bonchev–Trinajstić information content (AvgIpc) is 3.16. The van der Waals surface area contributed by atoms with E-state index in [-0.39, 0.29) is 19.0 Å². The Balaban J connectivity index is 1.72. The number of halogens is 6. The van der Waals surface area contributed by atoms with Gasteiger partial charge < -0.3 is 10.0 Å². The zero-order chi connectivity index (χ0) is 22.3. The Bertz CT molecular complexity index is 897. The molecule has 2 aromatic rings. The molecule has 1 N–H and O–H groups in total. The van der Waals surface area contributed by atoms with E-state index in [1.165, 1.54) is 16.9 Å². The van der Waals surface area contributed by atoms with Gasteiger partial charge in [-0.3, -0.25) is 4.79 Å². The van der Waals surface area contributed by atoms with Gasteiger partial charge in [-0.2, -0.15) is 31.4 Å². The number of piperidine rings is 1. The van der Waals surface area contributed by atoms with E-state index in [9.17, 15) is 36.2 Å². The van der Waals surface area contributed by atoms with Crippen molar-refractivity contribution in [2.75, 3.05) is 13.1 Å². The molecule has 1 fully saturated rings. The molecule has 164 valence electrons. The van der Waals surface area contributed by atoms with E-state index in [1.54, 1.807) is 6.07 Å². The van der Waals surface area contributed by atoms with Crippen molar-refractivity contribution in [1.29, 1.82) is 0 Å². The van der Waals surface area contributed by atoms with Crippen molar-refractivity contribution in [1.82, 2.24) is 19.7 Å². The van der Waals surface area contributed by atoms with E-state index in [2.05, 4.69) is 10.1 Å². The second-order valence-corrected chi connectivity index (χ2v) is 7.20. The Kier molecular flexibility index (Phi) is 5.56. The molecule has 1 aliphatic rings. The molecule has 1 saturated heterocycles. The molecular weight excluding hydrogens is 418 g/mol. The summed E-state index contributed by atoms with van der Waals surface area (Å²) in [6, 6.07) is 3.72. The molecule has 1 atom stereocenters. The van der Waals surface area contributed by atoms with Gasteiger partial charge in [-0.15, -0.1) is 0 Å². The minimum atomic E-state index is -5.09. The topological polar surface area (TPSA) is 71.2 Å². The fourth-order valence-electron chi connectivity index (χ4n) is 3.32. The number of hydrogen-bond acceptors (Lipinski definition) is 4. The van der Waals surface area contributed by atoms with Gasteiger partial charge in [-0.05, 0) is 38.0 Å². The zero-order valence-electron chi connectivity index (χ0n) is 15.7. The molecule has 0 aromatic carbocycles. The van der Waals surface area contributed by atoms with Crippen molar-refractivity contribution < 1.29 is 36.2 Å². The molecule has 0 spiro atoms. The third-order valence-electron chi connectivity index (χ3n) is 5.12. The van der Waals surface area contributed by atoms with Crippen LogP contribution in [0.4, 0.5) is 26.3 Å². The van der Waals surface area contributed by atoms with Crippen molar-refractivity contribution in [2.45, 2.75) is 43.6 Å². The van der Waals surface area contributed by atoms with Crippen LogP contribution in [0.5, 0.6) is 0 Å². The Labute approximate surface area is 167 Å². The van der Waals surface area contributed by atoms with Gasteiger partial charge in [-0.1, -0.05) is 0 Å². The van der Waals surface area contributed by atoms with E-state index in [0.29, 0.717) is 31.1 Å². The minimum Gasteiger partial charge on any atom is -0.373 e. The van der Waals surface area contributed by atoms with Crippen LogP contribution in [-0.2, 0) is 11.0 Å². The van der Waals surface area contributed by atoms with Gasteiger partial charge in [0.25, 0.3) is 5.91 Å². The molecule has 1 aliphatic heterocycles. The number of hydrogen-bond donors (Lipinski definition) is 1. The van der Waals surface area contributed by atoms with Gasteiger partial charge in [-0.25, -0.2) is 9.67 Å². The largest absolute Gasteiger partial charge is 0.433 e. The maximum atomic E-state index is 12.9. The molecule has 0 unspecified atom stereocenters. The molecule has 3 heterocycles. The van der Waals surface area contributed by atoms with Gasteiger partial charge >= 0.3 is 12.4 Å². The molecule has 2 aromatic heterocycles. The number of aliphatic hydroxyl groups is 1. The van der Waals surface area contributed by atoms with Crippen LogP contribution in [-0.4, -0.2) is 55.5 Å². The number of pyridine rings is 1. The summed E-state index contributed by atoms with van der Waals surface area (Å²) >= 11 is 0. The number of rotatable bonds is 3. The van der Waals surface area contributed by atoms with Gasteiger partial charge in [0.05, 0.1) is 11.9 Å². The summed E-state index contributed by atoms with van der Waals surface area (Å²) in [7, 11) is 0. The predicted molar refractivity (Wildman–Crippen MR) is 91.6 cm³/mol. The van der Waals surface area contributed by atoms with Gasteiger partial charge in [0.15, 0.2) is 0 Å². The standard InChI is InChI=1S/C18H18F6N4O2/c1-16(30,18(22,23)24)15(29)27-8-5-11(6-9-27)13-4-7-26-28(13)12-2-3-14(25-10-12)17(19,20)21/h2-4,7,10-11,30H,5-6,8-9H2,1H3/t16-/m1/s1.